The first-order valence-corrected chi connectivity index (χ1v) is 20.6. The predicted molar refractivity (Wildman–Crippen MR) is 248 cm³/mol. The quantitative estimate of drug-likeness (QED) is 0.164. The molecule has 0 radical (unpaired) electrons. The minimum atomic E-state index is 0.622. The van der Waals surface area contributed by atoms with Crippen LogP contribution in [0.25, 0.3) is 120 Å². The third-order valence-corrected chi connectivity index (χ3v) is 12.7. The normalized spacial score (nSPS) is 11.7. The standard InChI is InChI=1S/C54H32N4S/c1-3-15-33(16-4-1)52-56-53(34-17-5-2-6-18-34)58-54(57-52)37-20-13-19-35(31-37)38-26-14-27-45-50(38)55-49(48-44-25-11-12-28-47(44)59-51(45)48)36-29-30-43-41-23-8-7-21-39(41)40-22-9-10-24-42(40)46(43)32-36/h1-32H. The molecular weight excluding hydrogens is 737 g/mol. The SMILES string of the molecule is c1ccc(-c2nc(-c3ccccc3)nc(-c3cccc(-c4cccc5c4nc(-c4ccc6c7ccccc7c7ccccc7c6c4)c4c6ccccc6sc54)c3)n2)cc1. The van der Waals surface area contributed by atoms with Crippen LogP contribution in [-0.4, -0.2) is 19.9 Å². The number of rotatable bonds is 5. The fourth-order valence-corrected chi connectivity index (χ4v) is 9.98. The second-order valence-electron chi connectivity index (χ2n) is 14.9. The van der Waals surface area contributed by atoms with Crippen molar-refractivity contribution in [2.45, 2.75) is 0 Å². The molecule has 0 bridgehead atoms. The van der Waals surface area contributed by atoms with Gasteiger partial charge in [0.15, 0.2) is 17.5 Å². The number of nitrogens with zero attached hydrogens (tertiary/aromatic N) is 4. The van der Waals surface area contributed by atoms with Crippen LogP contribution in [-0.2, 0) is 0 Å². The van der Waals surface area contributed by atoms with Crippen molar-refractivity contribution in [2.75, 3.05) is 0 Å². The van der Waals surface area contributed by atoms with Crippen molar-refractivity contribution in [1.29, 1.82) is 0 Å². The van der Waals surface area contributed by atoms with Crippen molar-refractivity contribution in [3.63, 3.8) is 0 Å². The fourth-order valence-electron chi connectivity index (χ4n) is 8.75. The van der Waals surface area contributed by atoms with Crippen LogP contribution in [0.5, 0.6) is 0 Å². The summed E-state index contributed by atoms with van der Waals surface area (Å²) >= 11 is 1.84. The van der Waals surface area contributed by atoms with Crippen LogP contribution in [0.2, 0.25) is 0 Å². The number of fused-ring (bicyclic) bond motifs is 11. The summed E-state index contributed by atoms with van der Waals surface area (Å²) in [6, 6.07) is 68.5. The van der Waals surface area contributed by atoms with Crippen LogP contribution >= 0.6 is 11.3 Å². The van der Waals surface area contributed by atoms with Crippen molar-refractivity contribution in [1.82, 2.24) is 19.9 Å². The van der Waals surface area contributed by atoms with Gasteiger partial charge in [-0.15, -0.1) is 11.3 Å². The van der Waals surface area contributed by atoms with Gasteiger partial charge in [0, 0.05) is 53.4 Å². The van der Waals surface area contributed by atoms with Crippen LogP contribution in [0.15, 0.2) is 194 Å². The first-order chi connectivity index (χ1) is 29.2. The summed E-state index contributed by atoms with van der Waals surface area (Å²) in [6.07, 6.45) is 0. The molecule has 0 fully saturated rings. The van der Waals surface area contributed by atoms with Crippen molar-refractivity contribution >= 4 is 74.7 Å². The van der Waals surface area contributed by atoms with E-state index in [-0.39, 0.29) is 0 Å². The Labute approximate surface area is 343 Å². The lowest BCUT2D eigenvalue weighted by Gasteiger charge is -2.14. The van der Waals surface area contributed by atoms with Gasteiger partial charge in [-0.1, -0.05) is 176 Å². The molecule has 0 aliphatic heterocycles. The van der Waals surface area contributed by atoms with E-state index in [0.717, 1.165) is 50.0 Å². The lowest BCUT2D eigenvalue weighted by Crippen LogP contribution is -2.00. The molecule has 274 valence electrons. The Hall–Kier alpha value is -7.60. The van der Waals surface area contributed by atoms with Gasteiger partial charge in [-0.25, -0.2) is 19.9 Å². The number of para-hydroxylation sites is 1. The molecule has 0 aliphatic rings. The molecule has 0 saturated heterocycles. The molecule has 0 atom stereocenters. The van der Waals surface area contributed by atoms with Gasteiger partial charge in [-0.05, 0) is 56.1 Å². The highest BCUT2D eigenvalue weighted by atomic mass is 32.1. The summed E-state index contributed by atoms with van der Waals surface area (Å²) in [5.74, 6) is 1.90. The molecule has 0 amide bonds. The van der Waals surface area contributed by atoms with Crippen LogP contribution in [0.1, 0.15) is 0 Å². The Morgan fingerprint density at radius 2 is 0.797 bits per heavy atom. The zero-order valence-corrected chi connectivity index (χ0v) is 32.5. The van der Waals surface area contributed by atoms with Gasteiger partial charge in [0.25, 0.3) is 0 Å². The topological polar surface area (TPSA) is 51.6 Å². The van der Waals surface area contributed by atoms with Gasteiger partial charge < -0.3 is 0 Å². The highest BCUT2D eigenvalue weighted by molar-refractivity contribution is 7.26. The maximum absolute atomic E-state index is 5.70. The van der Waals surface area contributed by atoms with Gasteiger partial charge in [0.05, 0.1) is 11.2 Å². The first-order valence-electron chi connectivity index (χ1n) is 19.8. The Bertz CT molecular complexity index is 3520. The number of thiophene rings is 1. The average Bonchev–Trinajstić information content (AvgIpc) is 3.72. The molecule has 4 nitrogen and oxygen atoms in total. The lowest BCUT2D eigenvalue weighted by atomic mass is 9.92. The summed E-state index contributed by atoms with van der Waals surface area (Å²) in [5, 5.41) is 11.1. The molecule has 0 aliphatic carbocycles. The van der Waals surface area contributed by atoms with Gasteiger partial charge in [-0.2, -0.15) is 0 Å². The number of aromatic nitrogens is 4. The van der Waals surface area contributed by atoms with Gasteiger partial charge in [0.1, 0.15) is 0 Å². The minimum absolute atomic E-state index is 0.622. The van der Waals surface area contributed by atoms with E-state index >= 15 is 0 Å². The van der Waals surface area contributed by atoms with E-state index in [0.29, 0.717) is 17.5 Å². The largest absolute Gasteiger partial charge is 0.246 e. The molecule has 12 aromatic rings. The van der Waals surface area contributed by atoms with Crippen molar-refractivity contribution < 1.29 is 0 Å². The van der Waals surface area contributed by atoms with Crippen LogP contribution in [0.4, 0.5) is 0 Å². The maximum atomic E-state index is 5.70. The van der Waals surface area contributed by atoms with E-state index in [1.165, 1.54) is 52.5 Å². The van der Waals surface area contributed by atoms with Gasteiger partial charge in [0.2, 0.25) is 0 Å². The van der Waals surface area contributed by atoms with E-state index in [9.17, 15) is 0 Å². The second kappa shape index (κ2) is 13.5. The molecule has 0 saturated carbocycles. The van der Waals surface area contributed by atoms with Crippen molar-refractivity contribution in [3.8, 4) is 56.5 Å². The Morgan fingerprint density at radius 1 is 0.305 bits per heavy atom. The summed E-state index contributed by atoms with van der Waals surface area (Å²) < 4.78 is 2.49. The molecule has 3 heterocycles. The highest BCUT2D eigenvalue weighted by Gasteiger charge is 2.20. The van der Waals surface area contributed by atoms with E-state index in [2.05, 4.69) is 133 Å². The predicted octanol–water partition coefficient (Wildman–Crippen LogP) is 14.6. The molecule has 0 N–H and O–H groups in total. The summed E-state index contributed by atoms with van der Waals surface area (Å²) in [7, 11) is 0. The number of hydrogen-bond donors (Lipinski definition) is 0. The molecule has 5 heteroatoms. The van der Waals surface area contributed by atoms with E-state index in [1.54, 1.807) is 0 Å². The third-order valence-electron chi connectivity index (χ3n) is 11.5. The zero-order valence-electron chi connectivity index (χ0n) is 31.7. The molecule has 3 aromatic heterocycles. The summed E-state index contributed by atoms with van der Waals surface area (Å²) in [5.41, 5.74) is 7.96. The van der Waals surface area contributed by atoms with Gasteiger partial charge in [-0.3, -0.25) is 0 Å². The fraction of sp³-hybridized carbons (Fsp3) is 0. The number of hydrogen-bond acceptors (Lipinski definition) is 5. The smallest absolute Gasteiger partial charge is 0.164 e. The van der Waals surface area contributed by atoms with E-state index in [4.69, 9.17) is 19.9 Å². The highest BCUT2D eigenvalue weighted by Crippen LogP contribution is 2.46. The molecule has 0 spiro atoms. The Balaban J connectivity index is 1.09. The van der Waals surface area contributed by atoms with E-state index < -0.39 is 0 Å². The number of benzene rings is 9. The van der Waals surface area contributed by atoms with Crippen LogP contribution in [0, 0.1) is 0 Å². The molecule has 59 heavy (non-hydrogen) atoms. The van der Waals surface area contributed by atoms with Crippen molar-refractivity contribution in [3.05, 3.63) is 194 Å². The average molecular weight is 769 g/mol. The second-order valence-corrected chi connectivity index (χ2v) is 16.0. The van der Waals surface area contributed by atoms with Gasteiger partial charge >= 0.3 is 0 Å². The molecule has 12 rings (SSSR count). The monoisotopic (exact) mass is 768 g/mol. The Morgan fingerprint density at radius 3 is 1.46 bits per heavy atom. The van der Waals surface area contributed by atoms with Crippen molar-refractivity contribution in [2.24, 2.45) is 0 Å². The summed E-state index contributed by atoms with van der Waals surface area (Å²) in [4.78, 5) is 20.7. The third kappa shape index (κ3) is 5.51. The van der Waals surface area contributed by atoms with Crippen LogP contribution < -0.4 is 0 Å². The van der Waals surface area contributed by atoms with E-state index in [1.807, 2.05) is 72.0 Å². The lowest BCUT2D eigenvalue weighted by molar-refractivity contribution is 1.07. The molecule has 0 unspecified atom stereocenters. The zero-order chi connectivity index (χ0) is 38.9. The number of pyridine rings is 1. The summed E-state index contributed by atoms with van der Waals surface area (Å²) in [6.45, 7) is 0. The minimum Gasteiger partial charge on any atom is -0.246 e. The molecule has 9 aromatic carbocycles. The first kappa shape index (κ1) is 33.5. The Kier molecular flexibility index (Phi) is 7.68. The van der Waals surface area contributed by atoms with Crippen LogP contribution in [0.3, 0.4) is 0 Å². The maximum Gasteiger partial charge on any atom is 0.164 e. The molecular formula is C54H32N4S.